The molecule has 0 aromatic heterocycles. The van der Waals surface area contributed by atoms with E-state index in [4.69, 9.17) is 9.98 Å². The normalized spacial score (nSPS) is 13.5. The zero-order valence-electron chi connectivity index (χ0n) is 53.0. The fourth-order valence-electron chi connectivity index (χ4n) is 14.5. The van der Waals surface area contributed by atoms with Gasteiger partial charge < -0.3 is 10.2 Å². The average molecular weight is 1220 g/mol. The van der Waals surface area contributed by atoms with E-state index in [1.54, 1.807) is 24.6 Å². The van der Waals surface area contributed by atoms with Crippen LogP contribution in [0.15, 0.2) is 168 Å². The van der Waals surface area contributed by atoms with Crippen molar-refractivity contribution in [2.75, 3.05) is 13.1 Å². The van der Waals surface area contributed by atoms with Crippen LogP contribution in [0.1, 0.15) is 195 Å². The minimum absolute atomic E-state index is 0.128. The van der Waals surface area contributed by atoms with E-state index in [1.165, 1.54) is 86.8 Å². The second-order valence-electron chi connectivity index (χ2n) is 25.5. The van der Waals surface area contributed by atoms with Crippen LogP contribution in [0.3, 0.4) is 0 Å². The second-order valence-corrected chi connectivity index (χ2v) is 25.5. The molecule has 11 aromatic carbocycles. The minimum Gasteiger partial charge on any atom is -0.507 e. The highest BCUT2D eigenvalue weighted by molar-refractivity contribution is 6.44. The molecule has 464 valence electrons. The largest absolute Gasteiger partial charge is 0.507 e. The van der Waals surface area contributed by atoms with Crippen LogP contribution in [-0.4, -0.2) is 69.2 Å². The number of carbonyl (C=O) groups is 4. The van der Waals surface area contributed by atoms with Crippen molar-refractivity contribution < 1.29 is 29.4 Å². The van der Waals surface area contributed by atoms with Gasteiger partial charge in [-0.3, -0.25) is 39.0 Å². The molecule has 4 amide bonds. The summed E-state index contributed by atoms with van der Waals surface area (Å²) in [5.74, 6) is -1.03. The van der Waals surface area contributed by atoms with Crippen molar-refractivity contribution in [3.63, 3.8) is 0 Å². The smallest absolute Gasteiger partial charge is 0.261 e. The molecule has 0 aliphatic carbocycles. The molecule has 92 heavy (non-hydrogen) atoms. The Labute approximate surface area is 538 Å². The van der Waals surface area contributed by atoms with Crippen molar-refractivity contribution in [2.45, 2.75) is 142 Å². The topological polar surface area (TPSA) is 140 Å². The van der Waals surface area contributed by atoms with Crippen LogP contribution in [0.4, 0.5) is 11.4 Å². The van der Waals surface area contributed by atoms with Gasteiger partial charge in [0.05, 0.1) is 11.4 Å². The number of nitrogens with zero attached hydrogens (tertiary/aromatic N) is 4. The summed E-state index contributed by atoms with van der Waals surface area (Å²) in [7, 11) is 0. The summed E-state index contributed by atoms with van der Waals surface area (Å²) < 4.78 is 0. The number of aromatic hydroxyl groups is 2. The van der Waals surface area contributed by atoms with Gasteiger partial charge in [-0.15, -0.1) is 0 Å². The average Bonchev–Trinajstić information content (AvgIpc) is 0.681. The first kappa shape index (κ1) is 61.3. The molecule has 2 N–H and O–H groups in total. The number of benzene rings is 11. The molecule has 0 saturated carbocycles. The molecule has 0 unspecified atom stereocenters. The maximum atomic E-state index is 15.4. The first-order chi connectivity index (χ1) is 45.1. The summed E-state index contributed by atoms with van der Waals surface area (Å²) in [6, 6.07) is 50.3. The number of phenols is 2. The summed E-state index contributed by atoms with van der Waals surface area (Å²) in [6.07, 6.45) is 26.0. The number of hydrogen-bond acceptors (Lipinski definition) is 8. The Balaban J connectivity index is 0.943. The number of amides is 4. The Morgan fingerprint density at radius 2 is 0.674 bits per heavy atom. The number of phenolic OH excluding ortho intramolecular Hbond substituents is 2. The number of fused-ring (bicyclic) bond motifs is 4. The van der Waals surface area contributed by atoms with Crippen LogP contribution in [0, 0.1) is 0 Å². The molecular weight excluding hydrogens is 1140 g/mol. The van der Waals surface area contributed by atoms with Gasteiger partial charge in [-0.05, 0) is 150 Å². The molecule has 2 aliphatic heterocycles. The third-order valence-corrected chi connectivity index (χ3v) is 19.4. The molecule has 10 nitrogen and oxygen atoms in total. The standard InChI is InChI=1S/C82H80N4O6/c1-3-5-7-9-11-13-15-17-19-25-47-85-79(89)63-43-41-61-74-66(56-33-39-58(40-34-56)84-52-70-60-30-24-22-28-54(60)36-46-72(70)88)50-68-76-64(80(90)86(82(68)92)48-26-20-18-16-14-12-10-8-6-4-2)44-42-62(78(74)76)73-65(49-67(81(85)91)75(63)77(61)73)55-31-37-57(38-32-55)83-51-69-59-29-23-21-27-53(59)35-45-71(69)87/h21-24,27-46,49-52,87-88H,3-20,25-26,47-48H2,1-2H3. The molecule has 2 heterocycles. The van der Waals surface area contributed by atoms with Gasteiger partial charge in [0.2, 0.25) is 0 Å². The minimum atomic E-state index is -0.331. The predicted octanol–water partition coefficient (Wildman–Crippen LogP) is 21.3. The Bertz CT molecular complexity index is 4380. The Kier molecular flexibility index (Phi) is 18.3. The lowest BCUT2D eigenvalue weighted by molar-refractivity contribution is 0.0592. The highest BCUT2D eigenvalue weighted by atomic mass is 16.3. The molecule has 0 radical (unpaired) electrons. The second kappa shape index (κ2) is 27.5. The van der Waals surface area contributed by atoms with Crippen LogP contribution in [0.5, 0.6) is 11.5 Å². The lowest BCUT2D eigenvalue weighted by Gasteiger charge is -2.32. The van der Waals surface area contributed by atoms with Crippen LogP contribution in [0.2, 0.25) is 0 Å². The number of unbranched alkanes of at least 4 members (excludes halogenated alkanes) is 18. The first-order valence-corrected chi connectivity index (χ1v) is 33.8. The van der Waals surface area contributed by atoms with E-state index in [0.29, 0.717) is 81.5 Å². The molecule has 0 saturated heterocycles. The number of hydrogen-bond donors (Lipinski definition) is 2. The third kappa shape index (κ3) is 11.9. The van der Waals surface area contributed by atoms with E-state index < -0.39 is 0 Å². The van der Waals surface area contributed by atoms with Gasteiger partial charge >= 0.3 is 0 Å². The third-order valence-electron chi connectivity index (χ3n) is 19.4. The summed E-state index contributed by atoms with van der Waals surface area (Å²) in [4.78, 5) is 73.5. The monoisotopic (exact) mass is 1220 g/mol. The predicted molar refractivity (Wildman–Crippen MR) is 379 cm³/mol. The lowest BCUT2D eigenvalue weighted by Crippen LogP contribution is -2.41. The number of imide groups is 2. The van der Waals surface area contributed by atoms with Crippen LogP contribution < -0.4 is 0 Å². The number of aliphatic imine (C=N–C) groups is 2. The van der Waals surface area contributed by atoms with Crippen LogP contribution in [0.25, 0.3) is 86.9 Å². The van der Waals surface area contributed by atoms with Crippen molar-refractivity contribution in [1.29, 1.82) is 0 Å². The van der Waals surface area contributed by atoms with Gasteiger partial charge in [-0.2, -0.15) is 0 Å². The van der Waals surface area contributed by atoms with Crippen molar-refractivity contribution in [2.24, 2.45) is 9.98 Å². The Morgan fingerprint density at radius 3 is 1.05 bits per heavy atom. The van der Waals surface area contributed by atoms with Gasteiger partial charge in [-0.1, -0.05) is 226 Å². The van der Waals surface area contributed by atoms with E-state index >= 15 is 19.2 Å². The Morgan fingerprint density at radius 1 is 0.326 bits per heavy atom. The summed E-state index contributed by atoms with van der Waals surface area (Å²) in [5, 5.41) is 31.6. The quantitative estimate of drug-likeness (QED) is 0.0165. The molecule has 10 heteroatoms. The maximum Gasteiger partial charge on any atom is 0.261 e. The number of rotatable bonds is 28. The molecule has 13 rings (SSSR count). The van der Waals surface area contributed by atoms with E-state index in [1.807, 2.05) is 146 Å². The van der Waals surface area contributed by atoms with Crippen molar-refractivity contribution in [1.82, 2.24) is 9.80 Å². The SMILES string of the molecule is CCCCCCCCCCCCN1C(=O)c2ccc3c4c(-c5ccc(N=Cc6c(O)ccc7ccccc67)cc5)cc5c6c(ccc(c7c(-c8ccc(N=Cc9c(O)ccc%10ccccc9%10)cc8)cc(c2c37)C1=O)c64)C(=O)N(CCCCCCCCCCCC)C5=O. The van der Waals surface area contributed by atoms with Crippen LogP contribution in [-0.2, 0) is 0 Å². The molecular formula is C82H80N4O6. The molecule has 0 atom stereocenters. The van der Waals surface area contributed by atoms with Crippen molar-refractivity contribution in [3.05, 3.63) is 191 Å². The van der Waals surface area contributed by atoms with Gasteiger partial charge in [-0.25, -0.2) is 0 Å². The van der Waals surface area contributed by atoms with Crippen molar-refractivity contribution in [3.8, 4) is 33.8 Å². The molecule has 2 aliphatic rings. The fourth-order valence-corrected chi connectivity index (χ4v) is 14.5. The first-order valence-electron chi connectivity index (χ1n) is 33.8. The molecule has 0 fully saturated rings. The van der Waals surface area contributed by atoms with Gasteiger partial charge in [0.1, 0.15) is 11.5 Å². The zero-order valence-corrected chi connectivity index (χ0v) is 53.0. The van der Waals surface area contributed by atoms with Crippen LogP contribution >= 0.6 is 0 Å². The zero-order chi connectivity index (χ0) is 63.2. The number of carbonyl (C=O) groups excluding carboxylic acids is 4. The van der Waals surface area contributed by atoms with Crippen molar-refractivity contribution >= 4 is 112 Å². The lowest BCUT2D eigenvalue weighted by atomic mass is 9.78. The fraction of sp³-hybridized carbons (Fsp3) is 0.293. The van der Waals surface area contributed by atoms with E-state index in [9.17, 15) is 10.2 Å². The summed E-state index contributed by atoms with van der Waals surface area (Å²) in [6.45, 7) is 5.10. The highest BCUT2D eigenvalue weighted by Gasteiger charge is 2.39. The van der Waals surface area contributed by atoms with E-state index in [2.05, 4.69) is 13.8 Å². The van der Waals surface area contributed by atoms with E-state index in [-0.39, 0.29) is 35.1 Å². The summed E-state index contributed by atoms with van der Waals surface area (Å²) >= 11 is 0. The van der Waals surface area contributed by atoms with E-state index in [0.717, 1.165) is 115 Å². The molecule has 11 aromatic rings. The van der Waals surface area contributed by atoms with Gasteiger partial charge in [0.15, 0.2) is 0 Å². The summed E-state index contributed by atoms with van der Waals surface area (Å²) in [5.41, 5.74) is 7.48. The van der Waals surface area contributed by atoms with Gasteiger partial charge in [0, 0.05) is 69.7 Å². The Hall–Kier alpha value is -9.54. The maximum absolute atomic E-state index is 15.4. The molecule has 0 bridgehead atoms. The highest BCUT2D eigenvalue weighted by Crippen LogP contribution is 2.52. The molecule has 0 spiro atoms. The van der Waals surface area contributed by atoms with Gasteiger partial charge in [0.25, 0.3) is 23.6 Å².